The molecule has 1 saturated heterocycles. The highest BCUT2D eigenvalue weighted by atomic mass is 16.5. The number of carbonyl (C=O) groups is 1. The van der Waals surface area contributed by atoms with Gasteiger partial charge in [0.1, 0.15) is 5.82 Å². The Morgan fingerprint density at radius 2 is 2.20 bits per heavy atom. The van der Waals surface area contributed by atoms with E-state index in [1.807, 2.05) is 6.92 Å². The van der Waals surface area contributed by atoms with Crippen molar-refractivity contribution in [3.63, 3.8) is 0 Å². The van der Waals surface area contributed by atoms with Gasteiger partial charge in [-0.1, -0.05) is 5.16 Å². The second-order valence-electron chi connectivity index (χ2n) is 7.14. The lowest BCUT2D eigenvalue weighted by molar-refractivity contribution is -0.117. The zero-order valence-electron chi connectivity index (χ0n) is 14.9. The average Bonchev–Trinajstić information content (AvgIpc) is 3.28. The van der Waals surface area contributed by atoms with Crippen LogP contribution in [0.1, 0.15) is 54.6 Å². The van der Waals surface area contributed by atoms with Crippen molar-refractivity contribution in [2.75, 3.05) is 18.4 Å². The Bertz CT molecular complexity index is 779. The van der Waals surface area contributed by atoms with Crippen molar-refractivity contribution in [3.05, 3.63) is 29.0 Å². The number of fused-ring (bicyclic) bond motifs is 1. The lowest BCUT2D eigenvalue weighted by atomic mass is 10.0. The van der Waals surface area contributed by atoms with E-state index in [-0.39, 0.29) is 11.9 Å². The number of nitrogens with zero attached hydrogens (tertiary/aromatic N) is 4. The van der Waals surface area contributed by atoms with E-state index in [0.717, 1.165) is 43.7 Å². The van der Waals surface area contributed by atoms with Gasteiger partial charge in [0.2, 0.25) is 11.8 Å². The van der Waals surface area contributed by atoms with E-state index in [1.165, 1.54) is 24.2 Å². The molecule has 2 aromatic rings. The normalized spacial score (nSPS) is 20.6. The fraction of sp³-hybridized carbons (Fsp3) is 0.611. The van der Waals surface area contributed by atoms with Crippen molar-refractivity contribution in [2.24, 2.45) is 7.05 Å². The average molecular weight is 343 g/mol. The number of hydrogen-bond donors (Lipinski definition) is 1. The number of carbonyl (C=O) groups excluding carboxylic acids is 1. The van der Waals surface area contributed by atoms with Crippen LogP contribution in [0.4, 0.5) is 5.88 Å². The van der Waals surface area contributed by atoms with E-state index in [9.17, 15) is 4.79 Å². The molecule has 1 aliphatic carbocycles. The van der Waals surface area contributed by atoms with Crippen molar-refractivity contribution in [1.82, 2.24) is 19.6 Å². The Hall–Kier alpha value is -2.15. The number of likely N-dealkylation sites (tertiary alicyclic amines) is 1. The van der Waals surface area contributed by atoms with Gasteiger partial charge in [0.05, 0.1) is 24.0 Å². The van der Waals surface area contributed by atoms with Crippen LogP contribution in [0.5, 0.6) is 0 Å². The van der Waals surface area contributed by atoms with Crippen LogP contribution in [-0.4, -0.2) is 38.6 Å². The molecular formula is C18H25N5O2. The molecule has 1 aliphatic heterocycles. The number of amides is 1. The van der Waals surface area contributed by atoms with Gasteiger partial charge < -0.3 is 9.09 Å². The second kappa shape index (κ2) is 6.63. The minimum atomic E-state index is -0.0676. The Kier molecular flexibility index (Phi) is 4.33. The predicted octanol–water partition coefficient (Wildman–Crippen LogP) is 2.37. The molecular weight excluding hydrogens is 318 g/mol. The molecule has 1 atom stereocenters. The Morgan fingerprint density at radius 1 is 1.36 bits per heavy atom. The van der Waals surface area contributed by atoms with Crippen LogP contribution < -0.4 is 5.32 Å². The molecule has 1 unspecified atom stereocenters. The maximum atomic E-state index is 12.4. The molecule has 4 rings (SSSR count). The van der Waals surface area contributed by atoms with Gasteiger partial charge in [-0.15, -0.1) is 0 Å². The van der Waals surface area contributed by atoms with Gasteiger partial charge in [0.15, 0.2) is 0 Å². The van der Waals surface area contributed by atoms with Gasteiger partial charge in [-0.05, 0) is 52.0 Å². The largest absolute Gasteiger partial charge is 0.338 e. The first-order valence-corrected chi connectivity index (χ1v) is 9.13. The van der Waals surface area contributed by atoms with Crippen LogP contribution in [-0.2, 0) is 24.7 Å². The van der Waals surface area contributed by atoms with E-state index in [2.05, 4.69) is 27.0 Å². The third-order valence-corrected chi connectivity index (χ3v) is 5.31. The summed E-state index contributed by atoms with van der Waals surface area (Å²) < 4.78 is 7.34. The molecule has 0 spiro atoms. The maximum absolute atomic E-state index is 12.4. The zero-order chi connectivity index (χ0) is 17.4. The van der Waals surface area contributed by atoms with Crippen LogP contribution in [0.2, 0.25) is 0 Å². The lowest BCUT2D eigenvalue weighted by Gasteiger charge is -2.23. The van der Waals surface area contributed by atoms with E-state index in [1.54, 1.807) is 6.07 Å². The molecule has 25 heavy (non-hydrogen) atoms. The summed E-state index contributed by atoms with van der Waals surface area (Å²) in [4.78, 5) is 19.5. The second-order valence-corrected chi connectivity index (χ2v) is 7.14. The Balaban J connectivity index is 1.47. The molecule has 1 fully saturated rings. The van der Waals surface area contributed by atoms with Gasteiger partial charge in [-0.2, -0.15) is 0 Å². The molecule has 0 saturated carbocycles. The molecule has 7 heteroatoms. The third kappa shape index (κ3) is 3.20. The number of imidazole rings is 1. The molecule has 0 radical (unpaired) electrons. The smallest absolute Gasteiger partial charge is 0.240 e. The third-order valence-electron chi connectivity index (χ3n) is 5.31. The highest BCUT2D eigenvalue weighted by Gasteiger charge is 2.32. The number of hydrogen-bond acceptors (Lipinski definition) is 5. The molecule has 2 aliphatic rings. The van der Waals surface area contributed by atoms with E-state index < -0.39 is 0 Å². The number of nitrogens with one attached hydrogen (secondary N) is 1. The fourth-order valence-electron chi connectivity index (χ4n) is 4.10. The van der Waals surface area contributed by atoms with Crippen LogP contribution in [0.25, 0.3) is 0 Å². The molecule has 0 aromatic carbocycles. The SMILES string of the molecule is Cc1cc(NC(=O)CN2CCCC2c2nc3c(n2C)CCCC3)on1. The molecule has 2 aromatic heterocycles. The van der Waals surface area contributed by atoms with E-state index in [0.29, 0.717) is 12.4 Å². The molecule has 1 N–H and O–H groups in total. The molecule has 134 valence electrons. The van der Waals surface area contributed by atoms with Gasteiger partial charge in [-0.25, -0.2) is 4.98 Å². The summed E-state index contributed by atoms with van der Waals surface area (Å²) in [5.41, 5.74) is 3.40. The highest BCUT2D eigenvalue weighted by molar-refractivity contribution is 5.91. The van der Waals surface area contributed by atoms with Gasteiger partial charge in [0, 0.05) is 18.8 Å². The first kappa shape index (κ1) is 16.3. The number of anilines is 1. The van der Waals surface area contributed by atoms with Gasteiger partial charge >= 0.3 is 0 Å². The quantitative estimate of drug-likeness (QED) is 0.922. The first-order chi connectivity index (χ1) is 12.1. The number of aromatic nitrogens is 3. The topological polar surface area (TPSA) is 76.2 Å². The fourth-order valence-corrected chi connectivity index (χ4v) is 4.10. The van der Waals surface area contributed by atoms with E-state index in [4.69, 9.17) is 9.51 Å². The standard InChI is InChI=1S/C18H25N5O2/c1-12-10-17(25-21-12)20-16(24)11-23-9-5-8-15(23)18-19-13-6-3-4-7-14(13)22(18)2/h10,15H,3-9,11H2,1-2H3,(H,20,24). The van der Waals surface area contributed by atoms with Gasteiger partial charge in [0.25, 0.3) is 0 Å². The monoisotopic (exact) mass is 343 g/mol. The maximum Gasteiger partial charge on any atom is 0.240 e. The summed E-state index contributed by atoms with van der Waals surface area (Å²) in [6, 6.07) is 1.95. The summed E-state index contributed by atoms with van der Waals surface area (Å²) in [5.74, 6) is 1.46. The summed E-state index contributed by atoms with van der Waals surface area (Å²) in [6.07, 6.45) is 6.84. The number of aryl methyl sites for hydroxylation is 2. The molecule has 3 heterocycles. The van der Waals surface area contributed by atoms with Crippen LogP contribution in [0.3, 0.4) is 0 Å². The van der Waals surface area contributed by atoms with Crippen molar-refractivity contribution in [3.8, 4) is 0 Å². The van der Waals surface area contributed by atoms with E-state index >= 15 is 0 Å². The lowest BCUT2D eigenvalue weighted by Crippen LogP contribution is -2.33. The van der Waals surface area contributed by atoms with Crippen molar-refractivity contribution in [1.29, 1.82) is 0 Å². The van der Waals surface area contributed by atoms with Crippen molar-refractivity contribution < 1.29 is 9.32 Å². The highest BCUT2D eigenvalue weighted by Crippen LogP contribution is 2.33. The van der Waals surface area contributed by atoms with Gasteiger partial charge in [-0.3, -0.25) is 15.0 Å². The molecule has 7 nitrogen and oxygen atoms in total. The first-order valence-electron chi connectivity index (χ1n) is 9.13. The van der Waals surface area contributed by atoms with Crippen molar-refractivity contribution in [2.45, 2.75) is 51.5 Å². The predicted molar refractivity (Wildman–Crippen MR) is 93.3 cm³/mol. The van der Waals surface area contributed by atoms with Crippen LogP contribution >= 0.6 is 0 Å². The molecule has 0 bridgehead atoms. The Labute approximate surface area is 147 Å². The minimum absolute atomic E-state index is 0.0676. The summed E-state index contributed by atoms with van der Waals surface area (Å²) in [5, 5.41) is 6.58. The van der Waals surface area contributed by atoms with Crippen LogP contribution in [0.15, 0.2) is 10.6 Å². The summed E-state index contributed by atoms with van der Waals surface area (Å²) >= 11 is 0. The number of rotatable bonds is 4. The van der Waals surface area contributed by atoms with Crippen LogP contribution in [0, 0.1) is 6.92 Å². The zero-order valence-corrected chi connectivity index (χ0v) is 14.9. The summed E-state index contributed by atoms with van der Waals surface area (Å²) in [6.45, 7) is 3.10. The Morgan fingerprint density at radius 3 is 2.96 bits per heavy atom. The minimum Gasteiger partial charge on any atom is -0.338 e. The molecule has 1 amide bonds. The summed E-state index contributed by atoms with van der Waals surface area (Å²) in [7, 11) is 2.13. The van der Waals surface area contributed by atoms with Crippen molar-refractivity contribution >= 4 is 11.8 Å².